The predicted molar refractivity (Wildman–Crippen MR) is 75.9 cm³/mol. The van der Waals surface area contributed by atoms with Crippen molar-refractivity contribution in [3.05, 3.63) is 64.2 Å². The van der Waals surface area contributed by atoms with Gasteiger partial charge in [-0.3, -0.25) is 4.98 Å². The third-order valence-corrected chi connectivity index (χ3v) is 3.34. The summed E-state index contributed by atoms with van der Waals surface area (Å²) in [4.78, 5) is 4.33. The molecule has 2 aromatic rings. The molecule has 1 N–H and O–H groups in total. The first-order chi connectivity index (χ1) is 9.13. The van der Waals surface area contributed by atoms with Crippen LogP contribution in [-0.2, 0) is 0 Å². The van der Waals surface area contributed by atoms with Gasteiger partial charge in [0.15, 0.2) is 0 Å². The Hall–Kier alpha value is -1.45. The molecule has 1 atom stereocenters. The summed E-state index contributed by atoms with van der Waals surface area (Å²) in [5, 5.41) is 3.89. The highest BCUT2D eigenvalue weighted by Crippen LogP contribution is 2.28. The molecule has 0 aliphatic rings. The van der Waals surface area contributed by atoms with Crippen LogP contribution in [0.1, 0.15) is 29.8 Å². The van der Waals surface area contributed by atoms with Crippen LogP contribution < -0.4 is 5.32 Å². The summed E-state index contributed by atoms with van der Waals surface area (Å²) < 4.78 is 13.5. The Kier molecular flexibility index (Phi) is 4.51. The number of benzene rings is 1. The number of hydrogen-bond acceptors (Lipinski definition) is 2. The van der Waals surface area contributed by atoms with E-state index in [2.05, 4.69) is 10.3 Å². The first kappa shape index (κ1) is 14.0. The van der Waals surface area contributed by atoms with Gasteiger partial charge in [0, 0.05) is 6.20 Å². The lowest BCUT2D eigenvalue weighted by atomic mass is 9.98. The predicted octanol–water partition coefficient (Wildman–Crippen LogP) is 3.88. The van der Waals surface area contributed by atoms with Gasteiger partial charge in [0.1, 0.15) is 5.82 Å². The topological polar surface area (TPSA) is 24.9 Å². The number of nitrogens with one attached hydrogen (secondary N) is 1. The summed E-state index contributed by atoms with van der Waals surface area (Å²) in [5.74, 6) is -0.254. The van der Waals surface area contributed by atoms with Gasteiger partial charge in [-0.2, -0.15) is 0 Å². The second-order valence-electron chi connectivity index (χ2n) is 4.36. The van der Waals surface area contributed by atoms with E-state index in [-0.39, 0.29) is 11.9 Å². The Morgan fingerprint density at radius 1 is 1.37 bits per heavy atom. The van der Waals surface area contributed by atoms with Crippen molar-refractivity contribution in [1.29, 1.82) is 0 Å². The lowest BCUT2D eigenvalue weighted by molar-refractivity contribution is 0.593. The van der Waals surface area contributed by atoms with Gasteiger partial charge >= 0.3 is 0 Å². The van der Waals surface area contributed by atoms with Crippen molar-refractivity contribution in [3.8, 4) is 0 Å². The third-order valence-electron chi connectivity index (χ3n) is 3.02. The fourth-order valence-electron chi connectivity index (χ4n) is 2.09. The zero-order valence-electron chi connectivity index (χ0n) is 11.0. The molecule has 4 heteroatoms. The van der Waals surface area contributed by atoms with Crippen LogP contribution >= 0.6 is 11.6 Å². The van der Waals surface area contributed by atoms with Gasteiger partial charge in [0.2, 0.25) is 0 Å². The van der Waals surface area contributed by atoms with E-state index in [9.17, 15) is 4.39 Å². The normalized spacial score (nSPS) is 12.4. The number of rotatable bonds is 4. The zero-order valence-corrected chi connectivity index (χ0v) is 11.7. The summed E-state index contributed by atoms with van der Waals surface area (Å²) in [6.45, 7) is 4.70. The minimum absolute atomic E-state index is 0.200. The minimum Gasteiger partial charge on any atom is -0.305 e. The monoisotopic (exact) mass is 278 g/mol. The van der Waals surface area contributed by atoms with Gasteiger partial charge in [0.25, 0.3) is 0 Å². The average Bonchev–Trinajstić information content (AvgIpc) is 2.40. The second kappa shape index (κ2) is 6.13. The van der Waals surface area contributed by atoms with E-state index in [1.807, 2.05) is 13.8 Å². The first-order valence-electron chi connectivity index (χ1n) is 6.23. The zero-order chi connectivity index (χ0) is 13.8. The van der Waals surface area contributed by atoms with Crippen LogP contribution in [0.5, 0.6) is 0 Å². The molecule has 0 aliphatic heterocycles. The van der Waals surface area contributed by atoms with Gasteiger partial charge < -0.3 is 5.32 Å². The standard InChI is InChI=1S/C15H16ClFN2/c1-3-18-14(15-13(16)5-4-8-19-15)12-9-11(17)7-6-10(12)2/h4-9,14,18H,3H2,1-2H3. The van der Waals surface area contributed by atoms with Crippen LogP contribution in [0.15, 0.2) is 36.5 Å². The lowest BCUT2D eigenvalue weighted by Crippen LogP contribution is -2.24. The maximum absolute atomic E-state index is 13.5. The number of aromatic nitrogens is 1. The van der Waals surface area contributed by atoms with Crippen LogP contribution in [0, 0.1) is 12.7 Å². The van der Waals surface area contributed by atoms with E-state index in [0.717, 1.165) is 23.4 Å². The molecule has 1 aromatic carbocycles. The van der Waals surface area contributed by atoms with Crippen molar-refractivity contribution in [2.75, 3.05) is 6.54 Å². The Labute approximate surface area is 117 Å². The fraction of sp³-hybridized carbons (Fsp3) is 0.267. The van der Waals surface area contributed by atoms with Crippen LogP contribution in [0.4, 0.5) is 4.39 Å². The van der Waals surface area contributed by atoms with Gasteiger partial charge in [-0.1, -0.05) is 24.6 Å². The van der Waals surface area contributed by atoms with Crippen molar-refractivity contribution >= 4 is 11.6 Å². The Balaban J connectivity index is 2.51. The molecule has 0 aliphatic carbocycles. The number of halogens is 2. The third kappa shape index (κ3) is 3.11. The van der Waals surface area contributed by atoms with Gasteiger partial charge in [-0.25, -0.2) is 4.39 Å². The molecule has 0 amide bonds. The molecule has 100 valence electrons. The Bertz CT molecular complexity index is 572. The minimum atomic E-state index is -0.254. The second-order valence-corrected chi connectivity index (χ2v) is 4.77. The Morgan fingerprint density at radius 2 is 2.16 bits per heavy atom. The highest BCUT2D eigenvalue weighted by atomic mass is 35.5. The van der Waals surface area contributed by atoms with E-state index in [0.29, 0.717) is 5.02 Å². The van der Waals surface area contributed by atoms with Gasteiger partial charge in [0.05, 0.1) is 16.8 Å². The van der Waals surface area contributed by atoms with Gasteiger partial charge in [-0.15, -0.1) is 0 Å². The molecule has 1 heterocycles. The molecule has 0 saturated heterocycles. The molecular formula is C15H16ClFN2. The number of hydrogen-bond donors (Lipinski definition) is 1. The largest absolute Gasteiger partial charge is 0.305 e. The van der Waals surface area contributed by atoms with E-state index in [1.165, 1.54) is 12.1 Å². The van der Waals surface area contributed by atoms with Crippen molar-refractivity contribution in [3.63, 3.8) is 0 Å². The molecule has 2 nitrogen and oxygen atoms in total. The molecule has 0 fully saturated rings. The van der Waals surface area contributed by atoms with Crippen LogP contribution in [0.25, 0.3) is 0 Å². The summed E-state index contributed by atoms with van der Waals surface area (Å²) in [5.41, 5.74) is 2.59. The number of nitrogens with zero attached hydrogens (tertiary/aromatic N) is 1. The van der Waals surface area contributed by atoms with Crippen molar-refractivity contribution in [2.24, 2.45) is 0 Å². The van der Waals surface area contributed by atoms with E-state index < -0.39 is 0 Å². The van der Waals surface area contributed by atoms with Crippen molar-refractivity contribution in [1.82, 2.24) is 10.3 Å². The Morgan fingerprint density at radius 3 is 2.84 bits per heavy atom. The van der Waals surface area contributed by atoms with E-state index in [1.54, 1.807) is 24.4 Å². The molecule has 0 saturated carbocycles. The van der Waals surface area contributed by atoms with Crippen LogP contribution in [0.3, 0.4) is 0 Å². The first-order valence-corrected chi connectivity index (χ1v) is 6.61. The molecule has 19 heavy (non-hydrogen) atoms. The van der Waals surface area contributed by atoms with Crippen molar-refractivity contribution < 1.29 is 4.39 Å². The highest BCUT2D eigenvalue weighted by molar-refractivity contribution is 6.31. The summed E-state index contributed by atoms with van der Waals surface area (Å²) in [6.07, 6.45) is 1.69. The SMILES string of the molecule is CCNC(c1cc(F)ccc1C)c1ncccc1Cl. The lowest BCUT2D eigenvalue weighted by Gasteiger charge is -2.21. The number of aryl methyl sites for hydroxylation is 1. The smallest absolute Gasteiger partial charge is 0.123 e. The summed E-state index contributed by atoms with van der Waals surface area (Å²) >= 11 is 6.20. The van der Waals surface area contributed by atoms with Crippen LogP contribution in [0.2, 0.25) is 5.02 Å². The van der Waals surface area contributed by atoms with Crippen molar-refractivity contribution in [2.45, 2.75) is 19.9 Å². The van der Waals surface area contributed by atoms with E-state index in [4.69, 9.17) is 11.6 Å². The number of pyridine rings is 1. The highest BCUT2D eigenvalue weighted by Gasteiger charge is 2.19. The molecule has 0 radical (unpaired) electrons. The summed E-state index contributed by atoms with van der Waals surface area (Å²) in [7, 11) is 0. The fourth-order valence-corrected chi connectivity index (χ4v) is 2.32. The van der Waals surface area contributed by atoms with Gasteiger partial charge in [-0.05, 0) is 48.9 Å². The molecule has 0 bridgehead atoms. The molecule has 0 spiro atoms. The average molecular weight is 279 g/mol. The molecule has 1 unspecified atom stereocenters. The quantitative estimate of drug-likeness (QED) is 0.918. The van der Waals surface area contributed by atoms with E-state index >= 15 is 0 Å². The van der Waals surface area contributed by atoms with Crippen LogP contribution in [-0.4, -0.2) is 11.5 Å². The maximum atomic E-state index is 13.5. The molecule has 1 aromatic heterocycles. The maximum Gasteiger partial charge on any atom is 0.123 e. The summed E-state index contributed by atoms with van der Waals surface area (Å²) in [6, 6.07) is 8.15. The molecular weight excluding hydrogens is 263 g/mol. The molecule has 2 rings (SSSR count).